The Morgan fingerprint density at radius 2 is 1.94 bits per heavy atom. The van der Waals surface area contributed by atoms with Crippen molar-refractivity contribution in [2.24, 2.45) is 5.92 Å². The summed E-state index contributed by atoms with van der Waals surface area (Å²) >= 11 is 0. The zero-order chi connectivity index (χ0) is 24.1. The number of aliphatic hydroxyl groups excluding tert-OH is 1. The number of ether oxygens (including phenoxy) is 1. The molecule has 4 aromatic rings. The molecular weight excluding hydrogens is 432 g/mol. The van der Waals surface area contributed by atoms with Crippen LogP contribution in [0, 0.1) is 5.92 Å². The molecule has 0 bridgehead atoms. The van der Waals surface area contributed by atoms with Gasteiger partial charge in [-0.1, -0.05) is 44.2 Å². The van der Waals surface area contributed by atoms with E-state index in [1.54, 1.807) is 11.8 Å². The zero-order valence-corrected chi connectivity index (χ0v) is 19.7. The van der Waals surface area contributed by atoms with Crippen molar-refractivity contribution < 1.29 is 9.84 Å². The van der Waals surface area contributed by atoms with Gasteiger partial charge in [0.05, 0.1) is 26.3 Å². The fourth-order valence-electron chi connectivity index (χ4n) is 4.31. The highest BCUT2D eigenvalue weighted by Gasteiger charge is 2.29. The molecule has 2 aromatic carbocycles. The van der Waals surface area contributed by atoms with Gasteiger partial charge in [-0.15, -0.1) is 5.10 Å². The summed E-state index contributed by atoms with van der Waals surface area (Å²) in [5.74, 6) is 1.55. The molecular formula is C25H30N6O3. The van der Waals surface area contributed by atoms with E-state index in [0.717, 1.165) is 22.2 Å². The van der Waals surface area contributed by atoms with Gasteiger partial charge in [0, 0.05) is 29.6 Å². The molecule has 2 aromatic heterocycles. The lowest BCUT2D eigenvalue weighted by molar-refractivity contribution is 0.106. The number of rotatable bonds is 10. The molecule has 34 heavy (non-hydrogen) atoms. The van der Waals surface area contributed by atoms with Crippen LogP contribution >= 0.6 is 0 Å². The standard InChI is InChI=1S/C25H30N6O3/c1-17(2)23(24-27-28-29-31(24)15-18-7-5-4-6-8-18)30(11-12-32)16-20-13-19-14-21(34-3)9-10-22(19)26-25(20)33/h4-10,13-14,17,23,32H,11-12,15-16H2,1-3H3,(H,26,33)/t23-/m1/s1. The lowest BCUT2D eigenvalue weighted by Crippen LogP contribution is -2.37. The Kier molecular flexibility index (Phi) is 7.34. The molecule has 0 saturated carbocycles. The van der Waals surface area contributed by atoms with Crippen LogP contribution in [-0.4, -0.2) is 55.5 Å². The Labute approximate surface area is 198 Å². The van der Waals surface area contributed by atoms with Gasteiger partial charge in [0.15, 0.2) is 5.82 Å². The largest absolute Gasteiger partial charge is 0.497 e. The van der Waals surface area contributed by atoms with Gasteiger partial charge in [0.25, 0.3) is 5.56 Å². The van der Waals surface area contributed by atoms with Gasteiger partial charge in [-0.3, -0.25) is 9.69 Å². The summed E-state index contributed by atoms with van der Waals surface area (Å²) in [5, 5.41) is 23.3. The van der Waals surface area contributed by atoms with Crippen molar-refractivity contribution in [1.82, 2.24) is 30.1 Å². The number of hydrogen-bond donors (Lipinski definition) is 2. The monoisotopic (exact) mass is 462 g/mol. The summed E-state index contributed by atoms with van der Waals surface area (Å²) in [4.78, 5) is 17.9. The van der Waals surface area contributed by atoms with E-state index in [1.807, 2.05) is 54.6 Å². The molecule has 4 rings (SSSR count). The minimum Gasteiger partial charge on any atom is -0.497 e. The van der Waals surface area contributed by atoms with Crippen LogP contribution in [0.15, 0.2) is 59.4 Å². The van der Waals surface area contributed by atoms with E-state index in [-0.39, 0.29) is 24.1 Å². The molecule has 0 spiro atoms. The van der Waals surface area contributed by atoms with E-state index in [2.05, 4.69) is 39.3 Å². The highest BCUT2D eigenvalue weighted by atomic mass is 16.5. The second kappa shape index (κ2) is 10.6. The number of nitrogens with zero attached hydrogens (tertiary/aromatic N) is 5. The predicted octanol–water partition coefficient (Wildman–Crippen LogP) is 2.76. The highest BCUT2D eigenvalue weighted by Crippen LogP contribution is 2.29. The summed E-state index contributed by atoms with van der Waals surface area (Å²) in [6, 6.07) is 17.2. The molecule has 0 fully saturated rings. The number of tetrazole rings is 1. The summed E-state index contributed by atoms with van der Waals surface area (Å²) < 4.78 is 7.12. The third-order valence-electron chi connectivity index (χ3n) is 5.91. The highest BCUT2D eigenvalue weighted by molar-refractivity contribution is 5.80. The maximum atomic E-state index is 12.9. The molecule has 0 radical (unpaired) electrons. The first-order chi connectivity index (χ1) is 16.5. The van der Waals surface area contributed by atoms with Crippen molar-refractivity contribution in [2.45, 2.75) is 33.0 Å². The number of methoxy groups -OCH3 is 1. The molecule has 0 aliphatic heterocycles. The molecule has 0 amide bonds. The topological polar surface area (TPSA) is 109 Å². The lowest BCUT2D eigenvalue weighted by Gasteiger charge is -2.33. The number of hydrogen-bond acceptors (Lipinski definition) is 7. The van der Waals surface area contributed by atoms with Crippen LogP contribution in [0.2, 0.25) is 0 Å². The Morgan fingerprint density at radius 1 is 1.15 bits per heavy atom. The van der Waals surface area contributed by atoms with E-state index < -0.39 is 0 Å². The van der Waals surface area contributed by atoms with E-state index in [4.69, 9.17) is 4.74 Å². The van der Waals surface area contributed by atoms with Crippen molar-refractivity contribution >= 4 is 10.9 Å². The van der Waals surface area contributed by atoms with E-state index in [1.165, 1.54) is 0 Å². The van der Waals surface area contributed by atoms with Gasteiger partial charge >= 0.3 is 0 Å². The number of fused-ring (bicyclic) bond motifs is 1. The second-order valence-corrected chi connectivity index (χ2v) is 8.64. The molecule has 178 valence electrons. The first kappa shape index (κ1) is 23.6. The number of aliphatic hydroxyl groups is 1. The molecule has 0 aliphatic rings. The number of nitrogens with one attached hydrogen (secondary N) is 1. The van der Waals surface area contributed by atoms with E-state index in [0.29, 0.717) is 31.0 Å². The van der Waals surface area contributed by atoms with Gasteiger partial charge in [-0.2, -0.15) is 0 Å². The van der Waals surface area contributed by atoms with Gasteiger partial charge in [0.2, 0.25) is 0 Å². The number of aromatic nitrogens is 5. The molecule has 0 saturated heterocycles. The van der Waals surface area contributed by atoms with E-state index in [9.17, 15) is 9.90 Å². The molecule has 9 nitrogen and oxygen atoms in total. The second-order valence-electron chi connectivity index (χ2n) is 8.64. The summed E-state index contributed by atoms with van der Waals surface area (Å²) in [5.41, 5.74) is 2.27. The van der Waals surface area contributed by atoms with Crippen LogP contribution in [0.3, 0.4) is 0 Å². The van der Waals surface area contributed by atoms with Crippen molar-refractivity contribution in [3.05, 3.63) is 81.9 Å². The first-order valence-corrected chi connectivity index (χ1v) is 11.3. The molecule has 0 aliphatic carbocycles. The number of H-pyrrole nitrogens is 1. The molecule has 1 atom stereocenters. The summed E-state index contributed by atoms with van der Waals surface area (Å²) in [7, 11) is 1.61. The Hall–Kier alpha value is -3.56. The van der Waals surface area contributed by atoms with Crippen molar-refractivity contribution in [2.75, 3.05) is 20.3 Å². The Balaban J connectivity index is 1.69. The van der Waals surface area contributed by atoms with Gasteiger partial charge in [-0.05, 0) is 46.2 Å². The van der Waals surface area contributed by atoms with Crippen molar-refractivity contribution in [3.8, 4) is 5.75 Å². The van der Waals surface area contributed by atoms with Crippen molar-refractivity contribution in [3.63, 3.8) is 0 Å². The van der Waals surface area contributed by atoms with Crippen LogP contribution in [-0.2, 0) is 13.1 Å². The third kappa shape index (κ3) is 5.16. The van der Waals surface area contributed by atoms with Crippen molar-refractivity contribution in [1.29, 1.82) is 0 Å². The Bertz CT molecular complexity index is 1280. The number of benzene rings is 2. The third-order valence-corrected chi connectivity index (χ3v) is 5.91. The molecule has 9 heteroatoms. The number of aromatic amines is 1. The summed E-state index contributed by atoms with van der Waals surface area (Å²) in [6.45, 7) is 5.37. The number of pyridine rings is 1. The average molecular weight is 463 g/mol. The fraction of sp³-hybridized carbons (Fsp3) is 0.360. The average Bonchev–Trinajstić information content (AvgIpc) is 3.27. The van der Waals surface area contributed by atoms with Crippen LogP contribution in [0.4, 0.5) is 0 Å². The molecule has 0 unspecified atom stereocenters. The van der Waals surface area contributed by atoms with Crippen LogP contribution in [0.5, 0.6) is 5.75 Å². The smallest absolute Gasteiger partial charge is 0.252 e. The van der Waals surface area contributed by atoms with Crippen LogP contribution < -0.4 is 10.3 Å². The Morgan fingerprint density at radius 3 is 2.65 bits per heavy atom. The van der Waals surface area contributed by atoms with Gasteiger partial charge < -0.3 is 14.8 Å². The normalized spacial score (nSPS) is 12.5. The molecule has 2 heterocycles. The molecule has 2 N–H and O–H groups in total. The fourth-order valence-corrected chi connectivity index (χ4v) is 4.31. The minimum absolute atomic E-state index is 0.0528. The SMILES string of the molecule is COc1ccc2[nH]c(=O)c(CN(CCO)[C@@H](c3nnnn3Cc3ccccc3)C(C)C)cc2c1. The lowest BCUT2D eigenvalue weighted by atomic mass is 10.00. The quantitative estimate of drug-likeness (QED) is 0.373. The maximum Gasteiger partial charge on any atom is 0.252 e. The van der Waals surface area contributed by atoms with E-state index >= 15 is 0 Å². The van der Waals surface area contributed by atoms with Crippen LogP contribution in [0.1, 0.15) is 36.8 Å². The van der Waals surface area contributed by atoms with Crippen LogP contribution in [0.25, 0.3) is 10.9 Å². The first-order valence-electron chi connectivity index (χ1n) is 11.3. The summed E-state index contributed by atoms with van der Waals surface area (Å²) in [6.07, 6.45) is 0. The zero-order valence-electron chi connectivity index (χ0n) is 19.7. The maximum absolute atomic E-state index is 12.9. The van der Waals surface area contributed by atoms with Gasteiger partial charge in [-0.25, -0.2) is 4.68 Å². The minimum atomic E-state index is -0.203. The predicted molar refractivity (Wildman–Crippen MR) is 130 cm³/mol. The van der Waals surface area contributed by atoms with Gasteiger partial charge in [0.1, 0.15) is 5.75 Å².